The standard InChI is InChI=1S/C21H16F2O5S/c1-13-2-9-20(28-12-21(24)25)18(10-13)17-8-7-16(11-19(17)23)29(26,27)15-5-3-14(22)4-6-15/h2-11H,12H2,1H3,(H,24,25). The van der Waals surface area contributed by atoms with Crippen molar-refractivity contribution in [3.8, 4) is 16.9 Å². The van der Waals surface area contributed by atoms with Gasteiger partial charge >= 0.3 is 5.97 Å². The number of carbonyl (C=O) groups is 1. The average Bonchev–Trinajstić information content (AvgIpc) is 2.67. The van der Waals surface area contributed by atoms with E-state index in [1.165, 1.54) is 18.2 Å². The van der Waals surface area contributed by atoms with Gasteiger partial charge < -0.3 is 9.84 Å². The van der Waals surface area contributed by atoms with E-state index in [0.717, 1.165) is 35.9 Å². The Morgan fingerprint density at radius 1 is 0.931 bits per heavy atom. The Morgan fingerprint density at radius 3 is 2.21 bits per heavy atom. The lowest BCUT2D eigenvalue weighted by atomic mass is 10.0. The maximum Gasteiger partial charge on any atom is 0.341 e. The van der Waals surface area contributed by atoms with Gasteiger partial charge in [-0.25, -0.2) is 22.0 Å². The minimum absolute atomic E-state index is 0.0622. The summed E-state index contributed by atoms with van der Waals surface area (Å²) in [6.07, 6.45) is 0. The zero-order valence-electron chi connectivity index (χ0n) is 15.2. The second kappa shape index (κ2) is 8.00. The number of ether oxygens (including phenoxy) is 1. The summed E-state index contributed by atoms with van der Waals surface area (Å²) in [6.45, 7) is 1.17. The SMILES string of the molecule is Cc1ccc(OCC(=O)O)c(-c2ccc(S(=O)(=O)c3ccc(F)cc3)cc2F)c1. The summed E-state index contributed by atoms with van der Waals surface area (Å²) in [7, 11) is -4.03. The molecule has 0 radical (unpaired) electrons. The maximum atomic E-state index is 14.9. The summed E-state index contributed by atoms with van der Waals surface area (Å²) in [6, 6.07) is 12.5. The number of halogens is 2. The van der Waals surface area contributed by atoms with Crippen LogP contribution in [0.2, 0.25) is 0 Å². The summed E-state index contributed by atoms with van der Waals surface area (Å²) in [5.74, 6) is -2.43. The van der Waals surface area contributed by atoms with E-state index in [0.29, 0.717) is 5.56 Å². The predicted octanol–water partition coefficient (Wildman–Crippen LogP) is 4.24. The number of hydrogen-bond donors (Lipinski definition) is 1. The largest absolute Gasteiger partial charge is 0.481 e. The molecule has 5 nitrogen and oxygen atoms in total. The Labute approximate surface area is 166 Å². The molecule has 29 heavy (non-hydrogen) atoms. The van der Waals surface area contributed by atoms with Gasteiger partial charge in [0, 0.05) is 11.1 Å². The van der Waals surface area contributed by atoms with Crippen molar-refractivity contribution >= 4 is 15.8 Å². The predicted molar refractivity (Wildman–Crippen MR) is 102 cm³/mol. The molecule has 0 unspecified atom stereocenters. The molecule has 0 aliphatic rings. The van der Waals surface area contributed by atoms with Crippen molar-refractivity contribution in [1.82, 2.24) is 0 Å². The van der Waals surface area contributed by atoms with Gasteiger partial charge in [0.15, 0.2) is 6.61 Å². The Kier molecular flexibility index (Phi) is 5.65. The minimum Gasteiger partial charge on any atom is -0.481 e. The van der Waals surface area contributed by atoms with Crippen LogP contribution in [0.4, 0.5) is 8.78 Å². The molecule has 3 rings (SSSR count). The van der Waals surface area contributed by atoms with Gasteiger partial charge in [0.1, 0.15) is 17.4 Å². The van der Waals surface area contributed by atoms with E-state index >= 15 is 0 Å². The van der Waals surface area contributed by atoms with Gasteiger partial charge in [0.05, 0.1) is 9.79 Å². The maximum absolute atomic E-state index is 14.9. The van der Waals surface area contributed by atoms with Crippen molar-refractivity contribution in [2.45, 2.75) is 16.7 Å². The molecular formula is C21H16F2O5S. The first kappa shape index (κ1) is 20.5. The Morgan fingerprint density at radius 2 is 1.59 bits per heavy atom. The summed E-state index contributed by atoms with van der Waals surface area (Å²) in [5.41, 5.74) is 1.15. The third-order valence-corrected chi connectivity index (χ3v) is 5.92. The summed E-state index contributed by atoms with van der Waals surface area (Å²) >= 11 is 0. The molecule has 0 saturated carbocycles. The van der Waals surface area contributed by atoms with Gasteiger partial charge in [0.25, 0.3) is 0 Å². The number of aliphatic carboxylic acids is 1. The number of carboxylic acids is 1. The minimum atomic E-state index is -4.03. The van der Waals surface area contributed by atoms with E-state index in [1.54, 1.807) is 19.1 Å². The van der Waals surface area contributed by atoms with Gasteiger partial charge in [0.2, 0.25) is 9.84 Å². The Balaban J connectivity index is 2.03. The smallest absolute Gasteiger partial charge is 0.341 e. The lowest BCUT2D eigenvalue weighted by Crippen LogP contribution is -2.10. The molecule has 0 aliphatic carbocycles. The van der Waals surface area contributed by atoms with Crippen LogP contribution in [0.25, 0.3) is 11.1 Å². The molecule has 0 saturated heterocycles. The van der Waals surface area contributed by atoms with Crippen LogP contribution in [-0.2, 0) is 14.6 Å². The Hall–Kier alpha value is -3.26. The second-order valence-electron chi connectivity index (χ2n) is 6.28. The van der Waals surface area contributed by atoms with Crippen LogP contribution in [0, 0.1) is 18.6 Å². The zero-order chi connectivity index (χ0) is 21.2. The van der Waals surface area contributed by atoms with Crippen LogP contribution in [0.5, 0.6) is 5.75 Å². The topological polar surface area (TPSA) is 80.7 Å². The molecule has 3 aromatic carbocycles. The van der Waals surface area contributed by atoms with Gasteiger partial charge in [-0.15, -0.1) is 0 Å². The normalized spacial score (nSPS) is 11.3. The van der Waals surface area contributed by atoms with Crippen molar-refractivity contribution in [3.05, 3.63) is 77.9 Å². The number of aryl methyl sites for hydroxylation is 1. The van der Waals surface area contributed by atoms with Crippen molar-refractivity contribution < 1.29 is 31.8 Å². The number of sulfone groups is 1. The van der Waals surface area contributed by atoms with E-state index < -0.39 is 34.0 Å². The van der Waals surface area contributed by atoms with Crippen molar-refractivity contribution in [2.24, 2.45) is 0 Å². The molecule has 0 bridgehead atoms. The molecule has 0 atom stereocenters. The highest BCUT2D eigenvalue weighted by molar-refractivity contribution is 7.91. The van der Waals surface area contributed by atoms with Crippen molar-refractivity contribution in [3.63, 3.8) is 0 Å². The molecule has 0 spiro atoms. The highest BCUT2D eigenvalue weighted by atomic mass is 32.2. The summed E-state index contributed by atoms with van der Waals surface area (Å²) < 4.78 is 58.5. The van der Waals surface area contributed by atoms with Crippen LogP contribution in [0.3, 0.4) is 0 Å². The quantitative estimate of drug-likeness (QED) is 0.606. The fraction of sp³-hybridized carbons (Fsp3) is 0.0952. The van der Waals surface area contributed by atoms with Crippen molar-refractivity contribution in [2.75, 3.05) is 6.61 Å². The molecule has 1 N–H and O–H groups in total. The second-order valence-corrected chi connectivity index (χ2v) is 8.23. The molecule has 8 heteroatoms. The number of hydrogen-bond acceptors (Lipinski definition) is 4. The van der Waals surface area contributed by atoms with Gasteiger partial charge in [-0.05, 0) is 61.5 Å². The molecule has 0 amide bonds. The van der Waals surface area contributed by atoms with Crippen LogP contribution in [-0.4, -0.2) is 26.1 Å². The highest BCUT2D eigenvalue weighted by Crippen LogP contribution is 2.34. The Bertz CT molecular complexity index is 1170. The fourth-order valence-electron chi connectivity index (χ4n) is 2.75. The molecule has 3 aromatic rings. The van der Waals surface area contributed by atoms with Gasteiger partial charge in [-0.3, -0.25) is 0 Å². The molecule has 0 aromatic heterocycles. The van der Waals surface area contributed by atoms with E-state index in [1.807, 2.05) is 0 Å². The fourth-order valence-corrected chi connectivity index (χ4v) is 4.02. The van der Waals surface area contributed by atoms with Crippen LogP contribution >= 0.6 is 0 Å². The molecular weight excluding hydrogens is 402 g/mol. The number of benzene rings is 3. The number of carboxylic acid groups (broad SMARTS) is 1. The van der Waals surface area contributed by atoms with Crippen molar-refractivity contribution in [1.29, 1.82) is 0 Å². The average molecular weight is 418 g/mol. The summed E-state index contributed by atoms with van der Waals surface area (Å²) in [5, 5.41) is 8.81. The van der Waals surface area contributed by atoms with E-state index in [4.69, 9.17) is 9.84 Å². The van der Waals surface area contributed by atoms with E-state index in [9.17, 15) is 22.0 Å². The third-order valence-electron chi connectivity index (χ3n) is 4.15. The first-order valence-electron chi connectivity index (χ1n) is 8.44. The first-order valence-corrected chi connectivity index (χ1v) is 9.92. The summed E-state index contributed by atoms with van der Waals surface area (Å²) in [4.78, 5) is 10.3. The van der Waals surface area contributed by atoms with Gasteiger partial charge in [-0.1, -0.05) is 11.6 Å². The number of rotatable bonds is 6. The molecule has 150 valence electrons. The molecule has 0 aliphatic heterocycles. The molecule has 0 heterocycles. The van der Waals surface area contributed by atoms with Crippen LogP contribution in [0.15, 0.2) is 70.5 Å². The van der Waals surface area contributed by atoms with Gasteiger partial charge in [-0.2, -0.15) is 0 Å². The highest BCUT2D eigenvalue weighted by Gasteiger charge is 2.21. The first-order chi connectivity index (χ1) is 13.7. The third kappa shape index (κ3) is 4.43. The van der Waals surface area contributed by atoms with E-state index in [2.05, 4.69) is 0 Å². The zero-order valence-corrected chi connectivity index (χ0v) is 16.0. The lowest BCUT2D eigenvalue weighted by Gasteiger charge is -2.13. The molecule has 0 fully saturated rings. The monoisotopic (exact) mass is 418 g/mol. The van der Waals surface area contributed by atoms with Crippen LogP contribution in [0.1, 0.15) is 5.56 Å². The van der Waals surface area contributed by atoms with E-state index in [-0.39, 0.29) is 21.1 Å². The lowest BCUT2D eigenvalue weighted by molar-refractivity contribution is -0.139. The van der Waals surface area contributed by atoms with Crippen LogP contribution < -0.4 is 4.74 Å².